The number of aliphatic carboxylic acids is 1. The molecule has 0 spiro atoms. The van der Waals surface area contributed by atoms with Crippen LogP contribution in [-0.4, -0.2) is 37.2 Å². The van der Waals surface area contributed by atoms with Crippen LogP contribution in [0.25, 0.3) is 0 Å². The minimum absolute atomic E-state index is 0.319. The van der Waals surface area contributed by atoms with Crippen molar-refractivity contribution in [2.75, 3.05) is 14.2 Å². The SMILES string of the molecule is [2H]C(c1ccc(OC)cc1OC)C(NC(=O)c1ccccc1)C(=O)O. The molecule has 0 aliphatic rings. The third-order valence-corrected chi connectivity index (χ3v) is 3.38. The molecule has 0 aliphatic carbocycles. The van der Waals surface area contributed by atoms with Crippen LogP contribution < -0.4 is 14.8 Å². The molecule has 0 heterocycles. The lowest BCUT2D eigenvalue weighted by atomic mass is 10.0. The molecule has 2 atom stereocenters. The van der Waals surface area contributed by atoms with E-state index in [0.717, 1.165) is 0 Å². The Morgan fingerprint density at radius 2 is 1.88 bits per heavy atom. The van der Waals surface area contributed by atoms with Gasteiger partial charge in [0.25, 0.3) is 5.91 Å². The molecule has 0 saturated carbocycles. The third-order valence-electron chi connectivity index (χ3n) is 3.38. The van der Waals surface area contributed by atoms with Crippen LogP contribution in [0.1, 0.15) is 17.3 Å². The summed E-state index contributed by atoms with van der Waals surface area (Å²) in [7, 11) is 2.91. The molecule has 0 aromatic heterocycles. The summed E-state index contributed by atoms with van der Waals surface area (Å²) in [5.74, 6) is -1.02. The van der Waals surface area contributed by atoms with Crippen LogP contribution in [0, 0.1) is 0 Å². The van der Waals surface area contributed by atoms with E-state index < -0.39 is 24.3 Å². The maximum absolute atomic E-state index is 12.2. The number of carbonyl (C=O) groups is 2. The average molecular weight is 330 g/mol. The maximum Gasteiger partial charge on any atom is 0.326 e. The summed E-state index contributed by atoms with van der Waals surface area (Å²) in [5.41, 5.74) is 0.659. The molecular formula is C18H19NO5. The summed E-state index contributed by atoms with van der Waals surface area (Å²) in [4.78, 5) is 23.8. The number of hydrogen-bond acceptors (Lipinski definition) is 4. The van der Waals surface area contributed by atoms with Crippen molar-refractivity contribution in [1.29, 1.82) is 0 Å². The van der Waals surface area contributed by atoms with Crippen molar-refractivity contribution in [1.82, 2.24) is 5.32 Å². The second kappa shape index (κ2) is 8.01. The van der Waals surface area contributed by atoms with Gasteiger partial charge in [-0.25, -0.2) is 4.79 Å². The number of rotatable bonds is 7. The standard InChI is InChI=1S/C18H19NO5/c1-23-14-9-8-13(16(11-14)24-2)10-15(18(21)22)19-17(20)12-6-4-3-5-7-12/h3-9,11,15H,10H2,1-2H3,(H,19,20)(H,21,22)/i10D. The third kappa shape index (κ3) is 4.25. The van der Waals surface area contributed by atoms with Crippen molar-refractivity contribution >= 4 is 11.9 Å². The first-order chi connectivity index (χ1) is 12.0. The van der Waals surface area contributed by atoms with E-state index in [-0.39, 0.29) is 0 Å². The Hall–Kier alpha value is -3.02. The minimum atomic E-state index is -1.44. The highest BCUT2D eigenvalue weighted by molar-refractivity contribution is 5.96. The van der Waals surface area contributed by atoms with Gasteiger partial charge in [-0.3, -0.25) is 4.79 Å². The van der Waals surface area contributed by atoms with Gasteiger partial charge >= 0.3 is 5.97 Å². The van der Waals surface area contributed by atoms with Gasteiger partial charge in [0.2, 0.25) is 0 Å². The van der Waals surface area contributed by atoms with Crippen LogP contribution in [0.4, 0.5) is 0 Å². The van der Waals surface area contributed by atoms with Gasteiger partial charge in [-0.05, 0) is 23.8 Å². The second-order valence-corrected chi connectivity index (χ2v) is 4.93. The summed E-state index contributed by atoms with van der Waals surface area (Å²) in [6.07, 6.45) is -1.26. The molecule has 2 unspecified atom stereocenters. The fraction of sp³-hybridized carbons (Fsp3) is 0.222. The fourth-order valence-electron chi connectivity index (χ4n) is 2.12. The predicted octanol–water partition coefficient (Wildman–Crippen LogP) is 2.13. The summed E-state index contributed by atoms with van der Waals surface area (Å²) < 4.78 is 18.6. The molecule has 2 aromatic rings. The van der Waals surface area contributed by atoms with E-state index in [1.165, 1.54) is 14.2 Å². The van der Waals surface area contributed by atoms with E-state index >= 15 is 0 Å². The first kappa shape index (κ1) is 15.9. The smallest absolute Gasteiger partial charge is 0.326 e. The number of amides is 1. The van der Waals surface area contributed by atoms with Gasteiger partial charge in [0.15, 0.2) is 0 Å². The van der Waals surface area contributed by atoms with Crippen LogP contribution in [0.3, 0.4) is 0 Å². The molecule has 0 fully saturated rings. The number of carboxylic acids is 1. The Bertz CT molecular complexity index is 750. The van der Waals surface area contributed by atoms with E-state index in [2.05, 4.69) is 5.32 Å². The number of carboxylic acid groups (broad SMARTS) is 1. The van der Waals surface area contributed by atoms with E-state index in [1.54, 1.807) is 48.5 Å². The normalized spacial score (nSPS) is 13.3. The molecule has 0 radical (unpaired) electrons. The molecular weight excluding hydrogens is 310 g/mol. The molecule has 126 valence electrons. The Kier molecular flexibility index (Phi) is 5.29. The van der Waals surface area contributed by atoms with Gasteiger partial charge < -0.3 is 19.9 Å². The minimum Gasteiger partial charge on any atom is -0.497 e. The van der Waals surface area contributed by atoms with Crippen LogP contribution >= 0.6 is 0 Å². The van der Waals surface area contributed by atoms with Crippen LogP contribution in [0.15, 0.2) is 48.5 Å². The largest absolute Gasteiger partial charge is 0.497 e. The molecule has 0 saturated heterocycles. The van der Waals surface area contributed by atoms with Gasteiger partial charge in [0, 0.05) is 19.4 Å². The zero-order chi connectivity index (χ0) is 18.4. The zero-order valence-electron chi connectivity index (χ0n) is 14.4. The lowest BCUT2D eigenvalue weighted by Gasteiger charge is -2.17. The first-order valence-electron chi connectivity index (χ1n) is 7.78. The predicted molar refractivity (Wildman–Crippen MR) is 88.6 cm³/mol. The maximum atomic E-state index is 12.2. The van der Waals surface area contributed by atoms with Gasteiger partial charge in [-0.1, -0.05) is 24.3 Å². The lowest BCUT2D eigenvalue weighted by molar-refractivity contribution is -0.139. The van der Waals surface area contributed by atoms with Gasteiger partial charge in [0.1, 0.15) is 17.5 Å². The highest BCUT2D eigenvalue weighted by Gasteiger charge is 2.22. The molecule has 6 nitrogen and oxygen atoms in total. The molecule has 0 aliphatic heterocycles. The number of methoxy groups -OCH3 is 2. The molecule has 0 bridgehead atoms. The van der Waals surface area contributed by atoms with Gasteiger partial charge in [-0.2, -0.15) is 0 Å². The van der Waals surface area contributed by atoms with E-state index in [0.29, 0.717) is 22.6 Å². The number of nitrogens with one attached hydrogen (secondary N) is 1. The first-order valence-corrected chi connectivity index (χ1v) is 7.20. The van der Waals surface area contributed by atoms with Crippen LogP contribution in [0.5, 0.6) is 11.5 Å². The summed E-state index contributed by atoms with van der Waals surface area (Å²) in [6, 6.07) is 11.5. The van der Waals surface area contributed by atoms with Crippen molar-refractivity contribution < 1.29 is 25.5 Å². The van der Waals surface area contributed by atoms with Crippen molar-refractivity contribution in [3.8, 4) is 11.5 Å². The van der Waals surface area contributed by atoms with Gasteiger partial charge in [0.05, 0.1) is 14.2 Å². The molecule has 6 heteroatoms. The molecule has 1 amide bonds. The molecule has 24 heavy (non-hydrogen) atoms. The zero-order valence-corrected chi connectivity index (χ0v) is 13.4. The second-order valence-electron chi connectivity index (χ2n) is 4.93. The van der Waals surface area contributed by atoms with E-state index in [4.69, 9.17) is 10.8 Å². The van der Waals surface area contributed by atoms with Gasteiger partial charge in [-0.15, -0.1) is 0 Å². The number of hydrogen-bond donors (Lipinski definition) is 2. The number of carbonyl (C=O) groups excluding carboxylic acids is 1. The Labute approximate surface area is 141 Å². The van der Waals surface area contributed by atoms with Crippen molar-refractivity contribution in [3.05, 3.63) is 59.7 Å². The number of ether oxygens (including phenoxy) is 2. The Morgan fingerprint density at radius 1 is 1.17 bits per heavy atom. The van der Waals surface area contributed by atoms with E-state index in [9.17, 15) is 14.7 Å². The summed E-state index contributed by atoms with van der Waals surface area (Å²) >= 11 is 0. The van der Waals surface area contributed by atoms with Crippen molar-refractivity contribution in [2.45, 2.75) is 12.4 Å². The molecule has 2 rings (SSSR count). The molecule has 2 N–H and O–H groups in total. The summed E-state index contributed by atoms with van der Waals surface area (Å²) in [6.45, 7) is 0. The Balaban J connectivity index is 2.28. The van der Waals surface area contributed by atoms with Crippen LogP contribution in [0.2, 0.25) is 0 Å². The van der Waals surface area contributed by atoms with Crippen molar-refractivity contribution in [3.63, 3.8) is 0 Å². The fourth-order valence-corrected chi connectivity index (χ4v) is 2.12. The molecule has 2 aromatic carbocycles. The highest BCUT2D eigenvalue weighted by Crippen LogP contribution is 2.25. The van der Waals surface area contributed by atoms with Crippen LogP contribution in [-0.2, 0) is 11.2 Å². The monoisotopic (exact) mass is 330 g/mol. The quantitative estimate of drug-likeness (QED) is 0.812. The van der Waals surface area contributed by atoms with E-state index in [1.807, 2.05) is 0 Å². The summed E-state index contributed by atoms with van der Waals surface area (Å²) in [5, 5.41) is 11.9. The van der Waals surface area contributed by atoms with Crippen molar-refractivity contribution in [2.24, 2.45) is 0 Å². The topological polar surface area (TPSA) is 84.9 Å². The highest BCUT2D eigenvalue weighted by atomic mass is 16.5. The lowest BCUT2D eigenvalue weighted by Crippen LogP contribution is -2.42. The average Bonchev–Trinajstić information content (AvgIpc) is 2.65. The Morgan fingerprint density at radius 3 is 2.46 bits per heavy atom. The number of benzene rings is 2.